The Morgan fingerprint density at radius 1 is 1.15 bits per heavy atom. The standard InChI is InChI=1S/C17H22O2Si/c1-12(2)15-10-13(3)8-9-17(15)20-19-11-14-6-4-5-7-16(14)18/h4-10,12,18H,11,20H2,1-3H3. The minimum absolute atomic E-state index is 0.314. The van der Waals surface area contributed by atoms with Gasteiger partial charge in [-0.1, -0.05) is 55.8 Å². The van der Waals surface area contributed by atoms with Crippen LogP contribution in [0.15, 0.2) is 42.5 Å². The predicted molar refractivity (Wildman–Crippen MR) is 86.3 cm³/mol. The molecular formula is C17H22O2Si. The summed E-state index contributed by atoms with van der Waals surface area (Å²) in [7, 11) is -0.770. The lowest BCUT2D eigenvalue weighted by Gasteiger charge is -2.14. The fraction of sp³-hybridized carbons (Fsp3) is 0.294. The van der Waals surface area contributed by atoms with Gasteiger partial charge in [-0.25, -0.2) is 0 Å². The molecule has 0 heterocycles. The van der Waals surface area contributed by atoms with Crippen molar-refractivity contribution in [2.24, 2.45) is 0 Å². The lowest BCUT2D eigenvalue weighted by Crippen LogP contribution is -2.23. The van der Waals surface area contributed by atoms with Gasteiger partial charge in [0.25, 0.3) is 0 Å². The molecule has 0 unspecified atom stereocenters. The van der Waals surface area contributed by atoms with E-state index in [1.54, 1.807) is 6.07 Å². The highest BCUT2D eigenvalue weighted by Crippen LogP contribution is 2.17. The van der Waals surface area contributed by atoms with E-state index in [2.05, 4.69) is 39.0 Å². The Kier molecular flexibility index (Phi) is 4.98. The molecule has 20 heavy (non-hydrogen) atoms. The van der Waals surface area contributed by atoms with Crippen LogP contribution in [0.4, 0.5) is 0 Å². The first-order valence-corrected chi connectivity index (χ1v) is 8.30. The Balaban J connectivity index is 2.03. The maximum atomic E-state index is 9.72. The van der Waals surface area contributed by atoms with Crippen LogP contribution in [0.5, 0.6) is 5.75 Å². The summed E-state index contributed by atoms with van der Waals surface area (Å²) < 4.78 is 5.90. The van der Waals surface area contributed by atoms with Gasteiger partial charge < -0.3 is 9.53 Å². The van der Waals surface area contributed by atoms with Crippen molar-refractivity contribution in [3.63, 3.8) is 0 Å². The average Bonchev–Trinajstić information content (AvgIpc) is 2.42. The summed E-state index contributed by atoms with van der Waals surface area (Å²) in [6.07, 6.45) is 0. The maximum absolute atomic E-state index is 9.72. The molecule has 0 saturated carbocycles. The molecule has 0 atom stereocenters. The molecule has 0 bridgehead atoms. The van der Waals surface area contributed by atoms with Crippen LogP contribution in [0.3, 0.4) is 0 Å². The molecule has 3 heteroatoms. The highest BCUT2D eigenvalue weighted by atomic mass is 28.2. The van der Waals surface area contributed by atoms with Crippen molar-refractivity contribution in [3.05, 3.63) is 59.2 Å². The molecule has 0 spiro atoms. The zero-order valence-corrected chi connectivity index (χ0v) is 13.8. The summed E-state index contributed by atoms with van der Waals surface area (Å²) in [4.78, 5) is 0. The van der Waals surface area contributed by atoms with Gasteiger partial charge in [-0.05, 0) is 29.7 Å². The normalized spacial score (nSPS) is 11.6. The average molecular weight is 286 g/mol. The van der Waals surface area contributed by atoms with Crippen molar-refractivity contribution in [1.82, 2.24) is 0 Å². The monoisotopic (exact) mass is 286 g/mol. The van der Waals surface area contributed by atoms with Gasteiger partial charge in [0.05, 0.1) is 6.61 Å². The fourth-order valence-electron chi connectivity index (χ4n) is 2.29. The Labute approximate surface area is 123 Å². The fourth-order valence-corrected chi connectivity index (χ4v) is 3.72. The Hall–Kier alpha value is -1.58. The van der Waals surface area contributed by atoms with Crippen LogP contribution in [0.25, 0.3) is 0 Å². The third-order valence-electron chi connectivity index (χ3n) is 3.43. The number of hydrogen-bond acceptors (Lipinski definition) is 2. The van der Waals surface area contributed by atoms with E-state index in [1.165, 1.54) is 16.3 Å². The van der Waals surface area contributed by atoms with E-state index < -0.39 is 9.76 Å². The topological polar surface area (TPSA) is 29.5 Å². The van der Waals surface area contributed by atoms with Gasteiger partial charge in [0.2, 0.25) is 0 Å². The van der Waals surface area contributed by atoms with E-state index in [0.29, 0.717) is 18.3 Å². The van der Waals surface area contributed by atoms with Gasteiger partial charge in [0.15, 0.2) is 9.76 Å². The van der Waals surface area contributed by atoms with E-state index >= 15 is 0 Å². The molecule has 2 aromatic rings. The zero-order chi connectivity index (χ0) is 14.5. The van der Waals surface area contributed by atoms with Gasteiger partial charge in [0.1, 0.15) is 5.75 Å². The Morgan fingerprint density at radius 2 is 1.90 bits per heavy atom. The van der Waals surface area contributed by atoms with Crippen molar-refractivity contribution in [2.45, 2.75) is 33.3 Å². The summed E-state index contributed by atoms with van der Waals surface area (Å²) in [5.41, 5.74) is 3.55. The van der Waals surface area contributed by atoms with E-state index in [9.17, 15) is 5.11 Å². The molecule has 0 aliphatic rings. The number of aromatic hydroxyl groups is 1. The molecule has 0 aromatic heterocycles. The molecule has 0 aliphatic heterocycles. The molecule has 0 amide bonds. The first-order valence-electron chi connectivity index (χ1n) is 7.02. The van der Waals surface area contributed by atoms with Crippen molar-refractivity contribution in [3.8, 4) is 5.75 Å². The lowest BCUT2D eigenvalue weighted by atomic mass is 10.0. The number of rotatable bonds is 5. The molecular weight excluding hydrogens is 264 g/mol. The second kappa shape index (κ2) is 6.73. The van der Waals surface area contributed by atoms with Crippen LogP contribution in [0.2, 0.25) is 0 Å². The van der Waals surface area contributed by atoms with Crippen LogP contribution in [-0.2, 0) is 11.0 Å². The molecule has 106 valence electrons. The quantitative estimate of drug-likeness (QED) is 0.857. The predicted octanol–water partition coefficient (Wildman–Crippen LogP) is 2.75. The van der Waals surface area contributed by atoms with Crippen LogP contribution < -0.4 is 5.19 Å². The second-order valence-corrected chi connectivity index (χ2v) is 6.94. The Bertz CT molecular complexity index is 579. The molecule has 0 fully saturated rings. The minimum Gasteiger partial charge on any atom is -0.508 e. The Morgan fingerprint density at radius 3 is 2.60 bits per heavy atom. The van der Waals surface area contributed by atoms with Crippen LogP contribution in [0, 0.1) is 6.92 Å². The molecule has 0 radical (unpaired) electrons. The summed E-state index contributed by atoms with van der Waals surface area (Å²) in [6.45, 7) is 7.05. The number of hydrogen-bond donors (Lipinski definition) is 1. The number of para-hydroxylation sites is 1. The number of aryl methyl sites for hydroxylation is 1. The zero-order valence-electron chi connectivity index (χ0n) is 12.4. The van der Waals surface area contributed by atoms with Crippen molar-refractivity contribution in [2.75, 3.05) is 0 Å². The van der Waals surface area contributed by atoms with E-state index in [-0.39, 0.29) is 0 Å². The molecule has 1 N–H and O–H groups in total. The van der Waals surface area contributed by atoms with E-state index in [1.807, 2.05) is 18.2 Å². The van der Waals surface area contributed by atoms with E-state index in [0.717, 1.165) is 5.56 Å². The van der Waals surface area contributed by atoms with Crippen molar-refractivity contribution in [1.29, 1.82) is 0 Å². The molecule has 2 rings (SSSR count). The summed E-state index contributed by atoms with van der Waals surface area (Å²) >= 11 is 0. The van der Waals surface area contributed by atoms with Crippen LogP contribution >= 0.6 is 0 Å². The maximum Gasteiger partial charge on any atom is 0.193 e. The van der Waals surface area contributed by atoms with Crippen molar-refractivity contribution < 1.29 is 9.53 Å². The highest BCUT2D eigenvalue weighted by molar-refractivity contribution is 6.47. The van der Waals surface area contributed by atoms with Crippen molar-refractivity contribution >= 4 is 14.9 Å². The molecule has 2 aromatic carbocycles. The molecule has 0 saturated heterocycles. The summed E-state index contributed by atoms with van der Waals surface area (Å²) in [5, 5.41) is 11.1. The van der Waals surface area contributed by atoms with Gasteiger partial charge in [-0.2, -0.15) is 0 Å². The highest BCUT2D eigenvalue weighted by Gasteiger charge is 2.08. The number of phenols is 1. The van der Waals surface area contributed by atoms with Gasteiger partial charge in [0, 0.05) is 5.56 Å². The van der Waals surface area contributed by atoms with Crippen LogP contribution in [0.1, 0.15) is 36.5 Å². The third kappa shape index (κ3) is 3.71. The van der Waals surface area contributed by atoms with Gasteiger partial charge >= 0.3 is 0 Å². The van der Waals surface area contributed by atoms with Crippen LogP contribution in [-0.4, -0.2) is 14.9 Å². The number of phenolic OH excluding ortho intramolecular Hbond substituents is 1. The minimum atomic E-state index is -0.770. The molecule has 2 nitrogen and oxygen atoms in total. The first kappa shape index (κ1) is 14.8. The first-order chi connectivity index (χ1) is 9.58. The van der Waals surface area contributed by atoms with E-state index in [4.69, 9.17) is 4.43 Å². The lowest BCUT2D eigenvalue weighted by molar-refractivity contribution is 0.321. The third-order valence-corrected chi connectivity index (χ3v) is 4.79. The summed E-state index contributed by atoms with van der Waals surface area (Å²) in [6, 6.07) is 14.0. The largest absolute Gasteiger partial charge is 0.508 e. The number of benzene rings is 2. The molecule has 0 aliphatic carbocycles. The SMILES string of the molecule is Cc1ccc([SiH2]OCc2ccccc2O)c(C(C)C)c1. The second-order valence-electron chi connectivity index (χ2n) is 5.48. The van der Waals surface area contributed by atoms with Gasteiger partial charge in [-0.15, -0.1) is 0 Å². The summed E-state index contributed by atoms with van der Waals surface area (Å²) in [5.74, 6) is 0.834. The smallest absolute Gasteiger partial charge is 0.193 e. The van der Waals surface area contributed by atoms with Gasteiger partial charge in [-0.3, -0.25) is 0 Å².